The first-order valence-corrected chi connectivity index (χ1v) is 4.61. The molecule has 0 N–H and O–H groups in total. The molecule has 0 aliphatic carbocycles. The van der Waals surface area contributed by atoms with Crippen molar-refractivity contribution >= 4 is 23.2 Å². The molecular weight excluding hydrogens is 242 g/mol. The predicted molar refractivity (Wildman–Crippen MR) is 58.1 cm³/mol. The molecule has 8 nitrogen and oxygen atoms in total. The lowest BCUT2D eigenvalue weighted by Crippen LogP contribution is -2.27. The lowest BCUT2D eigenvalue weighted by atomic mass is 10.1. The van der Waals surface area contributed by atoms with Crippen LogP contribution >= 0.6 is 0 Å². The molecule has 0 saturated heterocycles. The summed E-state index contributed by atoms with van der Waals surface area (Å²) < 4.78 is 4.23. The third-order valence-electron chi connectivity index (χ3n) is 2.04. The van der Waals surface area contributed by atoms with Crippen LogP contribution in [0.5, 0.6) is 0 Å². The number of carbonyl (C=O) groups is 2. The molecule has 0 unspecified atom stereocenters. The van der Waals surface area contributed by atoms with Crippen LogP contribution in [0, 0.1) is 10.1 Å². The molecule has 0 aliphatic rings. The molecule has 0 saturated carbocycles. The standard InChI is InChI=1S/C10H7N3O5/c1-18-10(15)8(12-11)9(14)6-4-2-3-5-7(6)13(16)17/h2-5H,1H3. The molecular formula is C10H7N3O5. The maximum atomic E-state index is 11.8. The van der Waals surface area contributed by atoms with Crippen molar-refractivity contribution in [2.45, 2.75) is 0 Å². The van der Waals surface area contributed by atoms with E-state index in [1.165, 1.54) is 12.1 Å². The molecule has 0 fully saturated rings. The van der Waals surface area contributed by atoms with Gasteiger partial charge < -0.3 is 10.3 Å². The Morgan fingerprint density at radius 2 is 2.00 bits per heavy atom. The smallest absolute Gasteiger partial charge is 0.446 e. The minimum atomic E-state index is -1.18. The summed E-state index contributed by atoms with van der Waals surface area (Å²) in [7, 11) is 0.986. The van der Waals surface area contributed by atoms with E-state index in [-0.39, 0.29) is 5.56 Å². The fourth-order valence-corrected chi connectivity index (χ4v) is 1.23. The Morgan fingerprint density at radius 1 is 1.39 bits per heavy atom. The molecule has 0 radical (unpaired) electrons. The fourth-order valence-electron chi connectivity index (χ4n) is 1.23. The number of carbonyl (C=O) groups excluding carboxylic acids is 2. The monoisotopic (exact) mass is 249 g/mol. The number of ketones is 1. The fraction of sp³-hybridized carbons (Fsp3) is 0.100. The van der Waals surface area contributed by atoms with Gasteiger partial charge in [-0.05, 0) is 6.07 Å². The molecule has 1 rings (SSSR count). The van der Waals surface area contributed by atoms with E-state index in [9.17, 15) is 19.7 Å². The van der Waals surface area contributed by atoms with Gasteiger partial charge in [0.05, 0.1) is 12.0 Å². The van der Waals surface area contributed by atoms with Gasteiger partial charge in [0.2, 0.25) is 0 Å². The average Bonchev–Trinajstić information content (AvgIpc) is 2.39. The van der Waals surface area contributed by atoms with Gasteiger partial charge in [-0.3, -0.25) is 14.9 Å². The molecule has 1 aromatic rings. The Kier molecular flexibility index (Phi) is 4.01. The Morgan fingerprint density at radius 3 is 2.50 bits per heavy atom. The van der Waals surface area contributed by atoms with Crippen LogP contribution in [0.25, 0.3) is 5.53 Å². The lowest BCUT2D eigenvalue weighted by molar-refractivity contribution is -0.385. The zero-order valence-corrected chi connectivity index (χ0v) is 9.19. The zero-order valence-electron chi connectivity index (χ0n) is 9.19. The third-order valence-corrected chi connectivity index (χ3v) is 2.04. The van der Waals surface area contributed by atoms with Gasteiger partial charge in [0.15, 0.2) is 0 Å². The summed E-state index contributed by atoms with van der Waals surface area (Å²) in [5.74, 6) is -2.27. The van der Waals surface area contributed by atoms with Gasteiger partial charge in [-0.15, -0.1) is 0 Å². The molecule has 0 bridgehead atoms. The van der Waals surface area contributed by atoms with Crippen molar-refractivity contribution in [1.82, 2.24) is 0 Å². The second-order valence-electron chi connectivity index (χ2n) is 3.04. The second-order valence-corrected chi connectivity index (χ2v) is 3.04. The Hall–Kier alpha value is -2.86. The lowest BCUT2D eigenvalue weighted by Gasteiger charge is -1.98. The van der Waals surface area contributed by atoms with Crippen molar-refractivity contribution in [3.05, 3.63) is 45.5 Å². The summed E-state index contributed by atoms with van der Waals surface area (Å²) >= 11 is 0. The van der Waals surface area contributed by atoms with E-state index < -0.39 is 28.1 Å². The Bertz CT molecular complexity index is 575. The third kappa shape index (κ3) is 2.45. The summed E-state index contributed by atoms with van der Waals surface area (Å²) in [5, 5.41) is 10.7. The topological polar surface area (TPSA) is 123 Å². The van der Waals surface area contributed by atoms with Crippen LogP contribution in [0.2, 0.25) is 0 Å². The number of ether oxygens (including phenoxy) is 1. The molecule has 18 heavy (non-hydrogen) atoms. The van der Waals surface area contributed by atoms with E-state index >= 15 is 0 Å². The zero-order chi connectivity index (χ0) is 13.7. The predicted octanol–water partition coefficient (Wildman–Crippen LogP) is 0.621. The van der Waals surface area contributed by atoms with E-state index in [0.29, 0.717) is 0 Å². The number of Topliss-reactive ketones (excluding diaryl/α,β-unsaturated/α-hetero) is 1. The summed E-state index contributed by atoms with van der Waals surface area (Å²) in [5.41, 5.74) is 6.81. The highest BCUT2D eigenvalue weighted by Gasteiger charge is 2.35. The van der Waals surface area contributed by atoms with Crippen molar-refractivity contribution in [3.63, 3.8) is 0 Å². The van der Waals surface area contributed by atoms with Gasteiger partial charge in [-0.25, -0.2) is 4.79 Å². The minimum Gasteiger partial charge on any atom is -0.460 e. The molecule has 0 heterocycles. The van der Waals surface area contributed by atoms with Crippen molar-refractivity contribution in [1.29, 1.82) is 0 Å². The summed E-state index contributed by atoms with van der Waals surface area (Å²) in [6.07, 6.45) is 0. The van der Waals surface area contributed by atoms with Gasteiger partial charge >= 0.3 is 11.7 Å². The summed E-state index contributed by atoms with van der Waals surface area (Å²) in [4.78, 5) is 35.4. The molecule has 0 aromatic heterocycles. The number of esters is 1. The summed E-state index contributed by atoms with van der Waals surface area (Å²) in [6, 6.07) is 4.99. The first-order chi connectivity index (χ1) is 8.52. The van der Waals surface area contributed by atoms with Crippen LogP contribution in [-0.4, -0.2) is 34.3 Å². The maximum absolute atomic E-state index is 11.8. The number of benzene rings is 1. The van der Waals surface area contributed by atoms with Crippen LogP contribution in [0.4, 0.5) is 5.69 Å². The number of methoxy groups -OCH3 is 1. The molecule has 0 aliphatic heterocycles. The van der Waals surface area contributed by atoms with Gasteiger partial charge in [-0.1, -0.05) is 12.1 Å². The number of nitrogens with zero attached hydrogens (tertiary/aromatic N) is 3. The van der Waals surface area contributed by atoms with Crippen LogP contribution in [0.1, 0.15) is 10.4 Å². The first kappa shape index (κ1) is 13.2. The van der Waals surface area contributed by atoms with Crippen LogP contribution in [0.3, 0.4) is 0 Å². The molecule has 0 amide bonds. The van der Waals surface area contributed by atoms with E-state index in [0.717, 1.165) is 19.2 Å². The number of hydrogen-bond donors (Lipinski definition) is 0. The van der Waals surface area contributed by atoms with E-state index in [1.54, 1.807) is 0 Å². The van der Waals surface area contributed by atoms with Crippen LogP contribution in [-0.2, 0) is 9.53 Å². The second kappa shape index (κ2) is 5.46. The Balaban J connectivity index is 3.31. The van der Waals surface area contributed by atoms with Crippen molar-refractivity contribution in [2.75, 3.05) is 7.11 Å². The number of rotatable bonds is 4. The number of hydrogen-bond acceptors (Lipinski definition) is 5. The normalized spacial score (nSPS) is 9.17. The summed E-state index contributed by atoms with van der Waals surface area (Å²) in [6.45, 7) is 0. The first-order valence-electron chi connectivity index (χ1n) is 4.61. The minimum absolute atomic E-state index is 0.360. The SMILES string of the molecule is COC(=O)C(=[N+]=[N-])C(=O)c1ccccc1[N+](=O)[O-]. The highest BCUT2D eigenvalue weighted by atomic mass is 16.6. The molecule has 0 spiro atoms. The van der Waals surface area contributed by atoms with Gasteiger partial charge in [0.1, 0.15) is 5.56 Å². The molecule has 92 valence electrons. The highest BCUT2D eigenvalue weighted by molar-refractivity contribution is 6.66. The highest BCUT2D eigenvalue weighted by Crippen LogP contribution is 2.18. The van der Waals surface area contributed by atoms with Crippen molar-refractivity contribution < 1.29 is 24.0 Å². The van der Waals surface area contributed by atoms with Gasteiger partial charge in [0, 0.05) is 6.07 Å². The van der Waals surface area contributed by atoms with Gasteiger partial charge in [-0.2, -0.15) is 4.79 Å². The van der Waals surface area contributed by atoms with Crippen molar-refractivity contribution in [2.24, 2.45) is 0 Å². The van der Waals surface area contributed by atoms with E-state index in [2.05, 4.69) is 9.53 Å². The Labute approximate surface area is 101 Å². The molecule has 0 atom stereocenters. The maximum Gasteiger partial charge on any atom is 0.446 e. The largest absolute Gasteiger partial charge is 0.460 e. The van der Waals surface area contributed by atoms with Crippen LogP contribution < -0.4 is 0 Å². The average molecular weight is 249 g/mol. The van der Waals surface area contributed by atoms with Crippen LogP contribution in [0.15, 0.2) is 24.3 Å². The van der Waals surface area contributed by atoms with Crippen molar-refractivity contribution in [3.8, 4) is 0 Å². The molecule has 8 heteroatoms. The number of nitro benzene ring substituents is 1. The number of nitro groups is 1. The molecule has 1 aromatic carbocycles. The number of para-hydroxylation sites is 1. The van der Waals surface area contributed by atoms with E-state index in [4.69, 9.17) is 5.53 Å². The quantitative estimate of drug-likeness (QED) is 0.113. The van der Waals surface area contributed by atoms with Gasteiger partial charge in [0.25, 0.3) is 11.5 Å². The van der Waals surface area contributed by atoms with E-state index in [1.807, 2.05) is 0 Å².